The molecular formula is C16H19N3O2. The molecule has 5 heteroatoms. The van der Waals surface area contributed by atoms with Gasteiger partial charge in [0.25, 0.3) is 5.91 Å². The van der Waals surface area contributed by atoms with Gasteiger partial charge in [-0.15, -0.1) is 0 Å². The number of carbonyl (C=O) groups is 1. The third kappa shape index (κ3) is 3.07. The Balaban J connectivity index is 1.61. The van der Waals surface area contributed by atoms with E-state index in [0.717, 1.165) is 42.9 Å². The molecule has 110 valence electrons. The van der Waals surface area contributed by atoms with Gasteiger partial charge >= 0.3 is 0 Å². The SMILES string of the molecule is COc1ccc(CNC(=O)c2cn3c(n2)CCCC3)cc1. The summed E-state index contributed by atoms with van der Waals surface area (Å²) >= 11 is 0. The molecule has 1 aromatic heterocycles. The Labute approximate surface area is 124 Å². The highest BCUT2D eigenvalue weighted by Crippen LogP contribution is 2.15. The zero-order valence-electron chi connectivity index (χ0n) is 12.1. The van der Waals surface area contributed by atoms with Gasteiger partial charge in [-0.05, 0) is 30.5 Å². The van der Waals surface area contributed by atoms with Gasteiger partial charge in [-0.3, -0.25) is 4.79 Å². The number of aromatic nitrogens is 2. The number of hydrogen-bond donors (Lipinski definition) is 1. The first-order valence-corrected chi connectivity index (χ1v) is 7.23. The van der Waals surface area contributed by atoms with Crippen LogP contribution >= 0.6 is 0 Å². The van der Waals surface area contributed by atoms with Crippen molar-refractivity contribution in [2.45, 2.75) is 32.4 Å². The van der Waals surface area contributed by atoms with Gasteiger partial charge in [-0.1, -0.05) is 12.1 Å². The van der Waals surface area contributed by atoms with Crippen molar-refractivity contribution in [3.8, 4) is 5.75 Å². The normalized spacial score (nSPS) is 13.6. The lowest BCUT2D eigenvalue weighted by atomic mass is 10.2. The van der Waals surface area contributed by atoms with E-state index >= 15 is 0 Å². The number of methoxy groups -OCH3 is 1. The minimum absolute atomic E-state index is 0.118. The Morgan fingerprint density at radius 1 is 1.33 bits per heavy atom. The summed E-state index contributed by atoms with van der Waals surface area (Å²) in [5.41, 5.74) is 1.55. The number of ether oxygens (including phenoxy) is 1. The van der Waals surface area contributed by atoms with Crippen LogP contribution in [-0.4, -0.2) is 22.6 Å². The average Bonchev–Trinajstić information content (AvgIpc) is 2.97. The fourth-order valence-electron chi connectivity index (χ4n) is 2.54. The summed E-state index contributed by atoms with van der Waals surface area (Å²) in [6.45, 7) is 1.46. The zero-order valence-corrected chi connectivity index (χ0v) is 12.1. The largest absolute Gasteiger partial charge is 0.497 e. The highest BCUT2D eigenvalue weighted by Gasteiger charge is 2.16. The first kappa shape index (κ1) is 13.7. The van der Waals surface area contributed by atoms with Gasteiger partial charge in [0, 0.05) is 25.7 Å². The molecule has 0 aliphatic carbocycles. The van der Waals surface area contributed by atoms with Crippen molar-refractivity contribution in [1.29, 1.82) is 0 Å². The standard InChI is InChI=1S/C16H19N3O2/c1-21-13-7-5-12(6-8-13)10-17-16(20)14-11-19-9-3-2-4-15(19)18-14/h5-8,11H,2-4,9-10H2,1H3,(H,17,20). The second kappa shape index (κ2) is 5.99. The molecule has 1 aliphatic heterocycles. The van der Waals surface area contributed by atoms with Crippen molar-refractivity contribution in [3.05, 3.63) is 47.5 Å². The highest BCUT2D eigenvalue weighted by molar-refractivity contribution is 5.92. The monoisotopic (exact) mass is 285 g/mol. The Kier molecular flexibility index (Phi) is 3.90. The molecule has 1 aliphatic rings. The van der Waals surface area contributed by atoms with Crippen LogP contribution in [0.15, 0.2) is 30.5 Å². The summed E-state index contributed by atoms with van der Waals surface area (Å²) in [7, 11) is 1.64. The summed E-state index contributed by atoms with van der Waals surface area (Å²) in [6, 6.07) is 7.66. The molecule has 1 N–H and O–H groups in total. The fourth-order valence-corrected chi connectivity index (χ4v) is 2.54. The number of nitrogens with zero attached hydrogens (tertiary/aromatic N) is 2. The average molecular weight is 285 g/mol. The third-order valence-corrected chi connectivity index (χ3v) is 3.75. The summed E-state index contributed by atoms with van der Waals surface area (Å²) in [5.74, 6) is 1.72. The molecule has 0 radical (unpaired) electrons. The summed E-state index contributed by atoms with van der Waals surface area (Å²) in [5, 5.41) is 2.91. The number of aryl methyl sites for hydroxylation is 2. The summed E-state index contributed by atoms with van der Waals surface area (Å²) < 4.78 is 7.20. The molecule has 2 aromatic rings. The van der Waals surface area contributed by atoms with E-state index in [-0.39, 0.29) is 5.91 Å². The molecule has 2 heterocycles. The van der Waals surface area contributed by atoms with E-state index in [1.807, 2.05) is 30.5 Å². The van der Waals surface area contributed by atoms with Gasteiger partial charge in [-0.25, -0.2) is 4.98 Å². The van der Waals surface area contributed by atoms with Gasteiger partial charge < -0.3 is 14.6 Å². The first-order chi connectivity index (χ1) is 10.3. The molecule has 5 nitrogen and oxygen atoms in total. The van der Waals surface area contributed by atoms with Gasteiger partial charge in [0.15, 0.2) is 0 Å². The molecule has 0 unspecified atom stereocenters. The topological polar surface area (TPSA) is 56.1 Å². The molecule has 3 rings (SSSR count). The lowest BCUT2D eigenvalue weighted by molar-refractivity contribution is 0.0946. The van der Waals surface area contributed by atoms with Crippen LogP contribution in [-0.2, 0) is 19.5 Å². The third-order valence-electron chi connectivity index (χ3n) is 3.75. The van der Waals surface area contributed by atoms with Crippen molar-refractivity contribution in [3.63, 3.8) is 0 Å². The van der Waals surface area contributed by atoms with Crippen LogP contribution in [0.1, 0.15) is 34.7 Å². The minimum Gasteiger partial charge on any atom is -0.497 e. The maximum Gasteiger partial charge on any atom is 0.271 e. The number of amides is 1. The van der Waals surface area contributed by atoms with Crippen LogP contribution in [0.4, 0.5) is 0 Å². The van der Waals surface area contributed by atoms with Gasteiger partial charge in [0.05, 0.1) is 7.11 Å². The number of fused-ring (bicyclic) bond motifs is 1. The van der Waals surface area contributed by atoms with Crippen LogP contribution in [0.2, 0.25) is 0 Å². The zero-order chi connectivity index (χ0) is 14.7. The van der Waals surface area contributed by atoms with E-state index < -0.39 is 0 Å². The van der Waals surface area contributed by atoms with Crippen molar-refractivity contribution >= 4 is 5.91 Å². The number of benzene rings is 1. The van der Waals surface area contributed by atoms with E-state index in [1.54, 1.807) is 7.11 Å². The van der Waals surface area contributed by atoms with Crippen LogP contribution in [0, 0.1) is 0 Å². The quantitative estimate of drug-likeness (QED) is 0.936. The van der Waals surface area contributed by atoms with E-state index in [1.165, 1.54) is 0 Å². The van der Waals surface area contributed by atoms with E-state index in [0.29, 0.717) is 12.2 Å². The number of rotatable bonds is 4. The van der Waals surface area contributed by atoms with Gasteiger partial charge in [0.1, 0.15) is 17.3 Å². The smallest absolute Gasteiger partial charge is 0.271 e. The second-order valence-corrected chi connectivity index (χ2v) is 5.22. The summed E-state index contributed by atoms with van der Waals surface area (Å²) in [6.07, 6.45) is 5.14. The van der Waals surface area contributed by atoms with Gasteiger partial charge in [0.2, 0.25) is 0 Å². The predicted octanol–water partition coefficient (Wildman–Crippen LogP) is 2.16. The van der Waals surface area contributed by atoms with Crippen molar-refractivity contribution < 1.29 is 9.53 Å². The highest BCUT2D eigenvalue weighted by atomic mass is 16.5. The van der Waals surface area contributed by atoms with Crippen LogP contribution < -0.4 is 10.1 Å². The number of hydrogen-bond acceptors (Lipinski definition) is 3. The van der Waals surface area contributed by atoms with E-state index in [4.69, 9.17) is 4.74 Å². The lowest BCUT2D eigenvalue weighted by Crippen LogP contribution is -2.23. The lowest BCUT2D eigenvalue weighted by Gasteiger charge is -2.11. The molecule has 1 amide bonds. The Morgan fingerprint density at radius 3 is 2.86 bits per heavy atom. The maximum atomic E-state index is 12.1. The Morgan fingerprint density at radius 2 is 2.14 bits per heavy atom. The first-order valence-electron chi connectivity index (χ1n) is 7.23. The van der Waals surface area contributed by atoms with Crippen molar-refractivity contribution in [1.82, 2.24) is 14.9 Å². The fraction of sp³-hybridized carbons (Fsp3) is 0.375. The number of imidazole rings is 1. The van der Waals surface area contributed by atoms with Crippen LogP contribution in [0.5, 0.6) is 5.75 Å². The molecule has 21 heavy (non-hydrogen) atoms. The molecule has 0 saturated carbocycles. The second-order valence-electron chi connectivity index (χ2n) is 5.22. The number of carbonyl (C=O) groups excluding carboxylic acids is 1. The molecular weight excluding hydrogens is 266 g/mol. The number of nitrogens with one attached hydrogen (secondary N) is 1. The molecule has 0 saturated heterocycles. The Bertz CT molecular complexity index is 608. The van der Waals surface area contributed by atoms with Crippen molar-refractivity contribution in [2.24, 2.45) is 0 Å². The van der Waals surface area contributed by atoms with E-state index in [9.17, 15) is 4.79 Å². The molecule has 0 atom stereocenters. The molecule has 0 bridgehead atoms. The Hall–Kier alpha value is -2.30. The molecule has 0 spiro atoms. The van der Waals surface area contributed by atoms with Crippen molar-refractivity contribution in [2.75, 3.05) is 7.11 Å². The molecule has 0 fully saturated rings. The summed E-state index contributed by atoms with van der Waals surface area (Å²) in [4.78, 5) is 16.6. The van der Waals surface area contributed by atoms with Gasteiger partial charge in [-0.2, -0.15) is 0 Å². The van der Waals surface area contributed by atoms with Crippen LogP contribution in [0.25, 0.3) is 0 Å². The molecule has 1 aromatic carbocycles. The van der Waals surface area contributed by atoms with Crippen LogP contribution in [0.3, 0.4) is 0 Å². The van der Waals surface area contributed by atoms with E-state index in [2.05, 4.69) is 14.9 Å². The predicted molar refractivity (Wildman–Crippen MR) is 79.3 cm³/mol. The maximum absolute atomic E-state index is 12.1. The minimum atomic E-state index is -0.118.